The molecule has 0 aliphatic heterocycles. The predicted molar refractivity (Wildman–Crippen MR) is 63.7 cm³/mol. The normalized spacial score (nSPS) is 9.88. The lowest BCUT2D eigenvalue weighted by Gasteiger charge is -2.04. The molecule has 0 spiro atoms. The second-order valence-corrected chi connectivity index (χ2v) is 3.52. The smallest absolute Gasteiger partial charge is 0.165 e. The molecular formula is C14H12O3. The maximum atomic E-state index is 10.4. The molecule has 0 aromatic heterocycles. The third-order valence-electron chi connectivity index (χ3n) is 2.24. The van der Waals surface area contributed by atoms with Crippen LogP contribution in [0.4, 0.5) is 0 Å². The Hall–Kier alpha value is -2.13. The zero-order valence-corrected chi connectivity index (χ0v) is 9.21. The van der Waals surface area contributed by atoms with Crippen molar-refractivity contribution in [1.82, 2.24) is 0 Å². The van der Waals surface area contributed by atoms with Gasteiger partial charge in [-0.15, -0.1) is 0 Å². The molecule has 2 aromatic rings. The van der Waals surface area contributed by atoms with E-state index in [-0.39, 0.29) is 0 Å². The van der Waals surface area contributed by atoms with Crippen molar-refractivity contribution in [1.29, 1.82) is 0 Å². The molecule has 0 aliphatic rings. The lowest BCUT2D eigenvalue weighted by molar-refractivity contribution is -0.217. The number of rotatable bonds is 5. The van der Waals surface area contributed by atoms with E-state index in [2.05, 4.69) is 0 Å². The van der Waals surface area contributed by atoms with E-state index in [4.69, 9.17) is 9.78 Å². The maximum absolute atomic E-state index is 10.4. The summed E-state index contributed by atoms with van der Waals surface area (Å²) in [7, 11) is 0. The van der Waals surface area contributed by atoms with Gasteiger partial charge in [-0.2, -0.15) is 4.89 Å². The molecule has 0 N–H and O–H groups in total. The van der Waals surface area contributed by atoms with Gasteiger partial charge in [-0.25, -0.2) is 0 Å². The van der Waals surface area contributed by atoms with Gasteiger partial charge in [-0.3, -0.25) is 4.79 Å². The molecule has 0 aliphatic carbocycles. The van der Waals surface area contributed by atoms with Crippen molar-refractivity contribution in [2.24, 2.45) is 0 Å². The molecular weight excluding hydrogens is 216 g/mol. The van der Waals surface area contributed by atoms with E-state index in [1.54, 1.807) is 24.3 Å². The Labute approximate surface area is 99.5 Å². The highest BCUT2D eigenvalue weighted by molar-refractivity contribution is 5.74. The summed E-state index contributed by atoms with van der Waals surface area (Å²) >= 11 is 0. The molecule has 2 rings (SSSR count). The molecule has 0 heterocycles. The first kappa shape index (κ1) is 11.4. The van der Waals surface area contributed by atoms with Crippen LogP contribution in [0.2, 0.25) is 0 Å². The van der Waals surface area contributed by atoms with Crippen LogP contribution in [0, 0.1) is 0 Å². The lowest BCUT2D eigenvalue weighted by Crippen LogP contribution is -1.97. The van der Waals surface area contributed by atoms with Crippen molar-refractivity contribution in [2.45, 2.75) is 6.61 Å². The van der Waals surface area contributed by atoms with E-state index < -0.39 is 0 Å². The molecule has 3 nitrogen and oxygen atoms in total. The zero-order chi connectivity index (χ0) is 11.9. The summed E-state index contributed by atoms with van der Waals surface area (Å²) in [6, 6.07) is 16.5. The van der Waals surface area contributed by atoms with E-state index in [0.717, 1.165) is 11.8 Å². The van der Waals surface area contributed by atoms with Crippen LogP contribution >= 0.6 is 0 Å². The Morgan fingerprint density at radius 3 is 2.29 bits per heavy atom. The summed E-state index contributed by atoms with van der Waals surface area (Å²) in [5, 5.41) is 0. The minimum Gasteiger partial charge on any atom is -0.337 e. The van der Waals surface area contributed by atoms with Crippen LogP contribution in [0.1, 0.15) is 15.9 Å². The first-order valence-electron chi connectivity index (χ1n) is 5.27. The van der Waals surface area contributed by atoms with Crippen molar-refractivity contribution in [2.75, 3.05) is 0 Å². The Morgan fingerprint density at radius 2 is 1.65 bits per heavy atom. The van der Waals surface area contributed by atoms with Crippen LogP contribution in [-0.2, 0) is 11.5 Å². The van der Waals surface area contributed by atoms with Gasteiger partial charge in [0.05, 0.1) is 0 Å². The van der Waals surface area contributed by atoms with Crippen LogP contribution in [0.3, 0.4) is 0 Å². The van der Waals surface area contributed by atoms with Gasteiger partial charge in [0.2, 0.25) is 0 Å². The molecule has 0 saturated carbocycles. The minimum atomic E-state index is 0.385. The predicted octanol–water partition coefficient (Wildman–Crippen LogP) is 3.01. The van der Waals surface area contributed by atoms with E-state index in [9.17, 15) is 4.79 Å². The van der Waals surface area contributed by atoms with Crippen LogP contribution < -0.4 is 4.89 Å². The Balaban J connectivity index is 1.84. The quantitative estimate of drug-likeness (QED) is 0.448. The van der Waals surface area contributed by atoms with Gasteiger partial charge in [0, 0.05) is 5.56 Å². The van der Waals surface area contributed by atoms with Crippen LogP contribution in [0.5, 0.6) is 5.75 Å². The van der Waals surface area contributed by atoms with Crippen molar-refractivity contribution < 1.29 is 14.6 Å². The lowest BCUT2D eigenvalue weighted by atomic mass is 10.2. The van der Waals surface area contributed by atoms with Crippen molar-refractivity contribution >= 4 is 6.29 Å². The van der Waals surface area contributed by atoms with Gasteiger partial charge in [-0.05, 0) is 29.8 Å². The largest absolute Gasteiger partial charge is 0.337 e. The van der Waals surface area contributed by atoms with Gasteiger partial charge in [0.15, 0.2) is 5.75 Å². The summed E-state index contributed by atoms with van der Waals surface area (Å²) in [4.78, 5) is 20.6. The van der Waals surface area contributed by atoms with E-state index >= 15 is 0 Å². The van der Waals surface area contributed by atoms with Crippen molar-refractivity contribution in [3.63, 3.8) is 0 Å². The number of hydrogen-bond acceptors (Lipinski definition) is 3. The van der Waals surface area contributed by atoms with Gasteiger partial charge in [-0.1, -0.05) is 30.3 Å². The Kier molecular flexibility index (Phi) is 3.89. The number of hydrogen-bond donors (Lipinski definition) is 0. The highest BCUT2D eigenvalue weighted by Gasteiger charge is 1.96. The SMILES string of the molecule is O=Cc1ccc(OOCc2ccccc2)cc1. The minimum absolute atomic E-state index is 0.385. The second-order valence-electron chi connectivity index (χ2n) is 3.52. The fourth-order valence-corrected chi connectivity index (χ4v) is 1.34. The van der Waals surface area contributed by atoms with Crippen molar-refractivity contribution in [3.05, 3.63) is 65.7 Å². The Bertz CT molecular complexity index is 463. The van der Waals surface area contributed by atoms with Crippen LogP contribution in [-0.4, -0.2) is 6.29 Å². The highest BCUT2D eigenvalue weighted by atomic mass is 17.2. The molecule has 0 bridgehead atoms. The topological polar surface area (TPSA) is 35.5 Å². The third kappa shape index (κ3) is 3.43. The molecule has 0 atom stereocenters. The molecule has 0 fully saturated rings. The molecule has 0 radical (unpaired) electrons. The molecule has 17 heavy (non-hydrogen) atoms. The first-order chi connectivity index (χ1) is 8.38. The fraction of sp³-hybridized carbons (Fsp3) is 0.0714. The van der Waals surface area contributed by atoms with Gasteiger partial charge >= 0.3 is 0 Å². The zero-order valence-electron chi connectivity index (χ0n) is 9.21. The Morgan fingerprint density at radius 1 is 0.941 bits per heavy atom. The molecule has 3 heteroatoms. The average molecular weight is 228 g/mol. The molecule has 0 unspecified atom stereocenters. The monoisotopic (exact) mass is 228 g/mol. The van der Waals surface area contributed by atoms with Gasteiger partial charge in [0.1, 0.15) is 12.9 Å². The number of benzene rings is 2. The number of aldehydes is 1. The molecule has 0 amide bonds. The highest BCUT2D eigenvalue weighted by Crippen LogP contribution is 2.12. The number of carbonyl (C=O) groups excluding carboxylic acids is 1. The summed E-state index contributed by atoms with van der Waals surface area (Å²) in [5.41, 5.74) is 1.65. The van der Waals surface area contributed by atoms with E-state index in [1.807, 2.05) is 30.3 Å². The molecule has 0 saturated heterocycles. The second kappa shape index (κ2) is 5.82. The van der Waals surface area contributed by atoms with Crippen LogP contribution in [0.15, 0.2) is 54.6 Å². The van der Waals surface area contributed by atoms with Crippen LogP contribution in [0.25, 0.3) is 0 Å². The summed E-state index contributed by atoms with van der Waals surface area (Å²) in [5.74, 6) is 0.575. The molecule has 2 aromatic carbocycles. The summed E-state index contributed by atoms with van der Waals surface area (Å²) < 4.78 is 0. The summed E-state index contributed by atoms with van der Waals surface area (Å²) in [6.07, 6.45) is 0.786. The maximum Gasteiger partial charge on any atom is 0.165 e. The summed E-state index contributed by atoms with van der Waals surface area (Å²) in [6.45, 7) is 0.385. The molecule has 86 valence electrons. The van der Waals surface area contributed by atoms with E-state index in [1.165, 1.54) is 0 Å². The standard InChI is InChI=1S/C14H12O3/c15-10-12-6-8-14(9-7-12)17-16-11-13-4-2-1-3-5-13/h1-10H,11H2. The van der Waals surface area contributed by atoms with Crippen molar-refractivity contribution in [3.8, 4) is 5.75 Å². The fourth-order valence-electron chi connectivity index (χ4n) is 1.34. The van der Waals surface area contributed by atoms with E-state index in [0.29, 0.717) is 17.9 Å². The third-order valence-corrected chi connectivity index (χ3v) is 2.24. The first-order valence-corrected chi connectivity index (χ1v) is 5.27. The van der Waals surface area contributed by atoms with Gasteiger partial charge in [0.25, 0.3) is 0 Å². The van der Waals surface area contributed by atoms with Gasteiger partial charge < -0.3 is 4.89 Å². The average Bonchev–Trinajstić information content (AvgIpc) is 2.41. The number of carbonyl (C=O) groups is 1.